The van der Waals surface area contributed by atoms with Crippen LogP contribution in [0.4, 0.5) is 11.4 Å². The van der Waals surface area contributed by atoms with Crippen molar-refractivity contribution in [3.05, 3.63) is 108 Å². The van der Waals surface area contributed by atoms with Gasteiger partial charge in [-0.1, -0.05) is 74.5 Å². The van der Waals surface area contributed by atoms with Gasteiger partial charge in [0, 0.05) is 16.8 Å². The molecule has 0 amide bonds. The molecule has 0 spiro atoms. The number of benzene rings is 5. The Bertz CT molecular complexity index is 1440. The van der Waals surface area contributed by atoms with Crippen LogP contribution in [0, 0.1) is 0 Å². The van der Waals surface area contributed by atoms with Crippen molar-refractivity contribution < 1.29 is 0 Å². The molecule has 0 saturated carbocycles. The zero-order valence-corrected chi connectivity index (χ0v) is 17.2. The maximum absolute atomic E-state index is 3.64. The maximum Gasteiger partial charge on any atom is 0.0390 e. The molecule has 0 fully saturated rings. The molecule has 1 aliphatic carbocycles. The molecule has 30 heavy (non-hydrogen) atoms. The first-order valence-corrected chi connectivity index (χ1v) is 10.5. The smallest absolute Gasteiger partial charge is 0.0390 e. The summed E-state index contributed by atoms with van der Waals surface area (Å²) in [4.78, 5) is 0. The number of hydrogen-bond acceptors (Lipinski definition) is 1. The third-order valence-corrected chi connectivity index (χ3v) is 6.58. The fourth-order valence-corrected chi connectivity index (χ4v) is 4.97. The molecule has 0 saturated heterocycles. The van der Waals surface area contributed by atoms with Crippen molar-refractivity contribution >= 4 is 32.9 Å². The highest BCUT2D eigenvalue weighted by atomic mass is 14.9. The fourth-order valence-electron chi connectivity index (χ4n) is 4.97. The molecule has 144 valence electrons. The van der Waals surface area contributed by atoms with Gasteiger partial charge in [-0.15, -0.1) is 0 Å². The molecule has 0 bridgehead atoms. The molecule has 1 nitrogen and oxygen atoms in total. The van der Waals surface area contributed by atoms with Gasteiger partial charge in [0.25, 0.3) is 0 Å². The predicted molar refractivity (Wildman–Crippen MR) is 129 cm³/mol. The summed E-state index contributed by atoms with van der Waals surface area (Å²) in [5, 5.41) is 8.72. The van der Waals surface area contributed by atoms with Crippen molar-refractivity contribution in [1.29, 1.82) is 0 Å². The highest BCUT2D eigenvalue weighted by Gasteiger charge is 2.35. The topological polar surface area (TPSA) is 12.0 Å². The number of hydrogen-bond donors (Lipinski definition) is 1. The summed E-state index contributed by atoms with van der Waals surface area (Å²) in [5.41, 5.74) is 7.79. The molecule has 1 N–H and O–H groups in total. The summed E-state index contributed by atoms with van der Waals surface area (Å²) in [5.74, 6) is 0. The lowest BCUT2D eigenvalue weighted by Crippen LogP contribution is -2.15. The van der Waals surface area contributed by atoms with E-state index in [1.807, 2.05) is 0 Å². The molecule has 0 aromatic heterocycles. The molecular formula is C29H23N. The third-order valence-electron chi connectivity index (χ3n) is 6.58. The molecule has 0 aliphatic heterocycles. The molecule has 1 heteroatoms. The predicted octanol–water partition coefficient (Wildman–Crippen LogP) is 8.04. The minimum Gasteiger partial charge on any atom is -0.355 e. The number of nitrogens with one attached hydrogen (secondary N) is 1. The lowest BCUT2D eigenvalue weighted by Gasteiger charge is -2.22. The highest BCUT2D eigenvalue weighted by Crippen LogP contribution is 2.49. The summed E-state index contributed by atoms with van der Waals surface area (Å²) in [6, 6.07) is 35.3. The molecule has 0 radical (unpaired) electrons. The summed E-state index contributed by atoms with van der Waals surface area (Å²) in [6.07, 6.45) is 0. The van der Waals surface area contributed by atoms with Crippen LogP contribution in [0.2, 0.25) is 0 Å². The first-order chi connectivity index (χ1) is 14.6. The van der Waals surface area contributed by atoms with Gasteiger partial charge in [-0.25, -0.2) is 0 Å². The van der Waals surface area contributed by atoms with Gasteiger partial charge in [0.1, 0.15) is 0 Å². The summed E-state index contributed by atoms with van der Waals surface area (Å²) in [7, 11) is 0. The van der Waals surface area contributed by atoms with E-state index in [0.717, 1.165) is 11.4 Å². The van der Waals surface area contributed by atoms with Crippen LogP contribution in [-0.4, -0.2) is 0 Å². The van der Waals surface area contributed by atoms with E-state index < -0.39 is 0 Å². The van der Waals surface area contributed by atoms with Gasteiger partial charge in [-0.05, 0) is 80.2 Å². The summed E-state index contributed by atoms with van der Waals surface area (Å²) < 4.78 is 0. The Kier molecular flexibility index (Phi) is 3.58. The van der Waals surface area contributed by atoms with E-state index >= 15 is 0 Å². The van der Waals surface area contributed by atoms with Gasteiger partial charge in [0.2, 0.25) is 0 Å². The Hall–Kier alpha value is -3.58. The highest BCUT2D eigenvalue weighted by molar-refractivity contribution is 5.99. The van der Waals surface area contributed by atoms with Crippen LogP contribution in [0.15, 0.2) is 97.1 Å². The number of anilines is 2. The van der Waals surface area contributed by atoms with Crippen molar-refractivity contribution in [3.63, 3.8) is 0 Å². The van der Waals surface area contributed by atoms with Gasteiger partial charge in [-0.2, -0.15) is 0 Å². The third kappa shape index (κ3) is 2.55. The first kappa shape index (κ1) is 17.3. The standard InChI is InChI=1S/C29H23N/c1-29(2)27-10-6-5-9-25(27)26-14-13-24(18-28(26)29)30-23-12-11-21-15-19-7-3-4-8-20(19)16-22(21)17-23/h3-18,30H,1-2H3. The number of fused-ring (bicyclic) bond motifs is 5. The Morgan fingerprint density at radius 2 is 1.10 bits per heavy atom. The van der Waals surface area contributed by atoms with Gasteiger partial charge in [-0.3, -0.25) is 0 Å². The molecule has 1 aliphatic rings. The fraction of sp³-hybridized carbons (Fsp3) is 0.103. The zero-order valence-electron chi connectivity index (χ0n) is 17.2. The van der Waals surface area contributed by atoms with E-state index in [4.69, 9.17) is 0 Å². The van der Waals surface area contributed by atoms with Crippen LogP contribution in [-0.2, 0) is 5.41 Å². The monoisotopic (exact) mass is 385 g/mol. The summed E-state index contributed by atoms with van der Waals surface area (Å²) in [6.45, 7) is 4.64. The van der Waals surface area contributed by atoms with Crippen LogP contribution in [0.1, 0.15) is 25.0 Å². The number of rotatable bonds is 2. The van der Waals surface area contributed by atoms with Gasteiger partial charge in [0.05, 0.1) is 0 Å². The minimum absolute atomic E-state index is 0.0198. The average Bonchev–Trinajstić information content (AvgIpc) is 2.99. The van der Waals surface area contributed by atoms with Gasteiger partial charge < -0.3 is 5.32 Å². The van der Waals surface area contributed by atoms with Crippen LogP contribution in [0.5, 0.6) is 0 Å². The quantitative estimate of drug-likeness (QED) is 0.303. The lowest BCUT2D eigenvalue weighted by molar-refractivity contribution is 0.660. The first-order valence-electron chi connectivity index (χ1n) is 10.5. The largest absolute Gasteiger partial charge is 0.355 e. The molecular weight excluding hydrogens is 362 g/mol. The average molecular weight is 386 g/mol. The molecule has 5 aromatic rings. The second-order valence-corrected chi connectivity index (χ2v) is 8.82. The van der Waals surface area contributed by atoms with Crippen LogP contribution >= 0.6 is 0 Å². The Morgan fingerprint density at radius 3 is 1.93 bits per heavy atom. The zero-order chi connectivity index (χ0) is 20.3. The van der Waals surface area contributed by atoms with E-state index in [-0.39, 0.29) is 5.41 Å². The normalized spacial score (nSPS) is 13.9. The van der Waals surface area contributed by atoms with E-state index in [1.54, 1.807) is 0 Å². The second-order valence-electron chi connectivity index (χ2n) is 8.82. The summed E-state index contributed by atoms with van der Waals surface area (Å²) >= 11 is 0. The maximum atomic E-state index is 3.64. The lowest BCUT2D eigenvalue weighted by atomic mass is 9.82. The van der Waals surface area contributed by atoms with Crippen LogP contribution < -0.4 is 5.32 Å². The van der Waals surface area contributed by atoms with Crippen LogP contribution in [0.3, 0.4) is 0 Å². The second kappa shape index (κ2) is 6.21. The van der Waals surface area contributed by atoms with E-state index in [9.17, 15) is 0 Å². The molecule has 0 heterocycles. The van der Waals surface area contributed by atoms with Gasteiger partial charge >= 0.3 is 0 Å². The van der Waals surface area contributed by atoms with Crippen molar-refractivity contribution in [1.82, 2.24) is 0 Å². The van der Waals surface area contributed by atoms with E-state index in [2.05, 4.69) is 116 Å². The van der Waals surface area contributed by atoms with Crippen molar-refractivity contribution in [2.45, 2.75) is 19.3 Å². The van der Waals surface area contributed by atoms with Gasteiger partial charge in [0.15, 0.2) is 0 Å². The minimum atomic E-state index is 0.0198. The van der Waals surface area contributed by atoms with Crippen molar-refractivity contribution in [3.8, 4) is 11.1 Å². The Balaban J connectivity index is 1.39. The molecule has 0 atom stereocenters. The Labute approximate surface area is 177 Å². The SMILES string of the molecule is CC1(C)c2ccccc2-c2ccc(Nc3ccc4cc5ccccc5cc4c3)cc21. The van der Waals surface area contributed by atoms with E-state index in [1.165, 1.54) is 43.8 Å². The Morgan fingerprint density at radius 1 is 0.500 bits per heavy atom. The molecule has 5 aromatic carbocycles. The van der Waals surface area contributed by atoms with E-state index in [0.29, 0.717) is 0 Å². The molecule has 0 unspecified atom stereocenters. The van der Waals surface area contributed by atoms with Crippen molar-refractivity contribution in [2.75, 3.05) is 5.32 Å². The molecule has 6 rings (SSSR count). The van der Waals surface area contributed by atoms with Crippen LogP contribution in [0.25, 0.3) is 32.7 Å². The van der Waals surface area contributed by atoms with Crippen molar-refractivity contribution in [2.24, 2.45) is 0 Å².